The van der Waals surface area contributed by atoms with E-state index >= 15 is 0 Å². The smallest absolute Gasteiger partial charge is 0.756 e. The first-order valence-electron chi connectivity index (χ1n) is 36.3. The van der Waals surface area contributed by atoms with Gasteiger partial charge in [0.2, 0.25) is 0 Å². The molecule has 0 saturated carbocycles. The third-order valence-electron chi connectivity index (χ3n) is 16.1. The van der Waals surface area contributed by atoms with Gasteiger partial charge in [-0.05, 0) is 12.8 Å². The van der Waals surface area contributed by atoms with Gasteiger partial charge in [0.25, 0.3) is 7.82 Å². The first-order chi connectivity index (χ1) is 39.0. The molecule has 0 spiro atoms. The molecule has 0 rings (SSSR count). The number of phosphoric ester groups is 1. The van der Waals surface area contributed by atoms with Crippen LogP contribution in [-0.4, -0.2) is 33.0 Å². The third-order valence-corrected chi connectivity index (χ3v) is 19.2. The van der Waals surface area contributed by atoms with Gasteiger partial charge in [0.05, 0.1) is 13.2 Å². The van der Waals surface area contributed by atoms with Crippen LogP contribution in [0.3, 0.4) is 0 Å². The number of hydrogen-bond donors (Lipinski definition) is 0. The van der Waals surface area contributed by atoms with Gasteiger partial charge in [0.1, 0.15) is 0 Å². The molecule has 476 valence electrons. The van der Waals surface area contributed by atoms with Crippen molar-refractivity contribution in [2.45, 2.75) is 420 Å². The van der Waals surface area contributed by atoms with Crippen molar-refractivity contribution in [1.82, 2.24) is 0 Å². The molecule has 0 N–H and O–H groups in total. The SMILES string of the molecule is CCCCCCCCCCCCCCCCCC[O][Ti+]([O]CCCCCCCCCCCCCCCCCC)[O]CCCCCCCCCCCCCCCCCC.CCCCCCCCOP(=O)([O-])OCCCCCCCC. The Morgan fingerprint density at radius 1 is 0.215 bits per heavy atom. The standard InChI is InChI=1S/3C18H37O.C16H35O4P.Ti/c3*1-2-3-4-5-6-7-8-9-10-11-12-13-14-15-16-17-18-19;1-3-5-7-9-11-13-15-19-21(17,18)20-16-14-12-10-8-6-4-2;/h3*2-18H2,1H3;3-16H2,1-2H3,(H,17,18);/q3*-1;;+4/p-1. The van der Waals surface area contributed by atoms with Gasteiger partial charge in [-0.15, -0.1) is 0 Å². The predicted octanol–water partition coefficient (Wildman–Crippen LogP) is 25.4. The summed E-state index contributed by atoms with van der Waals surface area (Å²) in [6.45, 7) is 14.3. The van der Waals surface area contributed by atoms with E-state index in [4.69, 9.17) is 19.0 Å². The van der Waals surface area contributed by atoms with Crippen LogP contribution < -0.4 is 4.89 Å². The molecule has 0 saturated heterocycles. The van der Waals surface area contributed by atoms with Crippen molar-refractivity contribution >= 4 is 7.82 Å². The molecular formula is C70H145O7PTi. The van der Waals surface area contributed by atoms with Gasteiger partial charge in [-0.25, -0.2) is 0 Å². The summed E-state index contributed by atoms with van der Waals surface area (Å²) in [7, 11) is -4.07. The summed E-state index contributed by atoms with van der Waals surface area (Å²) in [5, 5.41) is 0. The van der Waals surface area contributed by atoms with E-state index in [-0.39, 0.29) is 13.2 Å². The van der Waals surface area contributed by atoms with E-state index in [9.17, 15) is 9.46 Å². The predicted molar refractivity (Wildman–Crippen MR) is 343 cm³/mol. The Labute approximate surface area is 505 Å². The van der Waals surface area contributed by atoms with Crippen molar-refractivity contribution in [2.24, 2.45) is 0 Å². The normalized spacial score (nSPS) is 11.7. The molecular weight excluding hydrogens is 1030 g/mol. The molecule has 0 heterocycles. The van der Waals surface area contributed by atoms with Crippen molar-refractivity contribution in [3.05, 3.63) is 0 Å². The van der Waals surface area contributed by atoms with Crippen molar-refractivity contribution < 1.29 is 47.5 Å². The van der Waals surface area contributed by atoms with Gasteiger partial charge >= 0.3 is 241 Å². The van der Waals surface area contributed by atoms with Gasteiger partial charge < -0.3 is 13.9 Å². The molecule has 0 fully saturated rings. The second-order valence-electron chi connectivity index (χ2n) is 24.4. The van der Waals surface area contributed by atoms with Crippen LogP contribution in [0.25, 0.3) is 0 Å². The van der Waals surface area contributed by atoms with E-state index in [0.717, 1.165) is 58.3 Å². The van der Waals surface area contributed by atoms with Crippen LogP contribution in [0, 0.1) is 0 Å². The van der Waals surface area contributed by atoms with Crippen molar-refractivity contribution in [2.75, 3.05) is 33.0 Å². The van der Waals surface area contributed by atoms with Crippen LogP contribution in [0.5, 0.6) is 0 Å². The van der Waals surface area contributed by atoms with Crippen LogP contribution in [0.2, 0.25) is 0 Å². The van der Waals surface area contributed by atoms with E-state index < -0.39 is 26.9 Å². The molecule has 0 atom stereocenters. The van der Waals surface area contributed by atoms with Crippen LogP contribution in [0.4, 0.5) is 0 Å². The molecule has 9 heteroatoms. The fraction of sp³-hybridized carbons (Fsp3) is 1.00. The molecule has 79 heavy (non-hydrogen) atoms. The van der Waals surface area contributed by atoms with Crippen molar-refractivity contribution in [3.63, 3.8) is 0 Å². The van der Waals surface area contributed by atoms with Gasteiger partial charge in [-0.2, -0.15) is 0 Å². The Morgan fingerprint density at radius 2 is 0.342 bits per heavy atom. The van der Waals surface area contributed by atoms with E-state index in [1.165, 1.54) is 347 Å². The molecule has 0 bridgehead atoms. The molecule has 0 unspecified atom stereocenters. The van der Waals surface area contributed by atoms with Crippen LogP contribution in [-0.2, 0) is 42.6 Å². The molecule has 0 aliphatic heterocycles. The average molecular weight is 1180 g/mol. The zero-order valence-corrected chi connectivity index (χ0v) is 57.2. The van der Waals surface area contributed by atoms with Gasteiger partial charge in [0, 0.05) is 0 Å². The van der Waals surface area contributed by atoms with E-state index in [1.54, 1.807) is 0 Å². The van der Waals surface area contributed by atoms with E-state index in [1.807, 2.05) is 0 Å². The van der Waals surface area contributed by atoms with Crippen LogP contribution >= 0.6 is 7.82 Å². The number of phosphoric acid groups is 1. The fourth-order valence-corrected chi connectivity index (χ4v) is 13.3. The van der Waals surface area contributed by atoms with E-state index in [2.05, 4.69) is 34.6 Å². The summed E-state index contributed by atoms with van der Waals surface area (Å²) in [4.78, 5) is 11.5. The van der Waals surface area contributed by atoms with Crippen LogP contribution in [0.15, 0.2) is 0 Å². The Kier molecular flexibility index (Phi) is 77.4. The summed E-state index contributed by atoms with van der Waals surface area (Å²) in [5.74, 6) is 0. The topological polar surface area (TPSA) is 86.3 Å². The molecule has 0 aliphatic carbocycles. The second-order valence-corrected chi connectivity index (χ2v) is 27.9. The number of hydrogen-bond acceptors (Lipinski definition) is 7. The average Bonchev–Trinajstić information content (AvgIpc) is 3.44. The van der Waals surface area contributed by atoms with Gasteiger partial charge in [0.15, 0.2) is 0 Å². The van der Waals surface area contributed by atoms with Gasteiger partial charge in [-0.3, -0.25) is 4.57 Å². The summed E-state index contributed by atoms with van der Waals surface area (Å²) in [5.41, 5.74) is 0. The minimum atomic E-state index is -4.07. The summed E-state index contributed by atoms with van der Waals surface area (Å²) in [6.07, 6.45) is 80.8. The fourth-order valence-electron chi connectivity index (χ4n) is 10.7. The second kappa shape index (κ2) is 74.8. The zero-order chi connectivity index (χ0) is 57.6. The number of unbranched alkanes of at least 4 members (excludes halogenated alkanes) is 55. The molecule has 0 amide bonds. The van der Waals surface area contributed by atoms with E-state index in [0.29, 0.717) is 0 Å². The summed E-state index contributed by atoms with van der Waals surface area (Å²) >= 11 is -2.33. The van der Waals surface area contributed by atoms with Crippen molar-refractivity contribution in [1.29, 1.82) is 0 Å². The molecule has 0 radical (unpaired) electrons. The minimum absolute atomic E-state index is 0.253. The third kappa shape index (κ3) is 76.7. The van der Waals surface area contributed by atoms with Gasteiger partial charge in [-0.1, -0.05) is 214 Å². The quantitative estimate of drug-likeness (QED) is 0.0341. The van der Waals surface area contributed by atoms with Crippen LogP contribution in [0.1, 0.15) is 420 Å². The Hall–Kier alpha value is 0.704. The first-order valence-corrected chi connectivity index (χ1v) is 39.7. The summed E-state index contributed by atoms with van der Waals surface area (Å²) in [6, 6.07) is 0. The first kappa shape index (κ1) is 81.8. The minimum Gasteiger partial charge on any atom is -0.756 e. The Morgan fingerprint density at radius 3 is 0.494 bits per heavy atom. The van der Waals surface area contributed by atoms with Crippen molar-refractivity contribution in [3.8, 4) is 0 Å². The molecule has 0 aliphatic rings. The monoisotopic (exact) mass is 1180 g/mol. The molecule has 0 aromatic carbocycles. The zero-order valence-electron chi connectivity index (χ0n) is 54.8. The number of rotatable bonds is 70. The summed E-state index contributed by atoms with van der Waals surface area (Å²) < 4.78 is 40.2. The molecule has 0 aromatic rings. The molecule has 0 aromatic heterocycles. The Bertz CT molecular complexity index is 989. The molecule has 7 nitrogen and oxygen atoms in total. The Balaban J connectivity index is 0. The maximum absolute atomic E-state index is 11.5. The maximum atomic E-state index is 11.5.